The van der Waals surface area contributed by atoms with Crippen LogP contribution in [0, 0.1) is 0 Å². The van der Waals surface area contributed by atoms with Crippen molar-refractivity contribution in [2.45, 2.75) is 0 Å². The Bertz CT molecular complexity index is 1850. The van der Waals surface area contributed by atoms with Gasteiger partial charge in [-0.25, -0.2) is 0 Å². The average molecular weight is 1120 g/mol. The molecule has 8 rings (SSSR count). The predicted molar refractivity (Wildman–Crippen MR) is 260 cm³/mol. The Morgan fingerprint density at radius 2 is 0.293 bits per heavy atom. The van der Waals surface area contributed by atoms with Crippen molar-refractivity contribution in [2.75, 3.05) is 0 Å². The molecule has 0 radical (unpaired) electrons. The van der Waals surface area contributed by atoms with Crippen molar-refractivity contribution in [3.8, 4) is 0 Å². The van der Waals surface area contributed by atoms with Gasteiger partial charge >= 0.3 is 22.4 Å². The van der Waals surface area contributed by atoms with E-state index in [-0.39, 0.29) is 46.4 Å². The number of benzene rings is 8. The van der Waals surface area contributed by atoms with Gasteiger partial charge in [-0.3, -0.25) is 0 Å². The summed E-state index contributed by atoms with van der Waals surface area (Å²) in [4.78, 5) is 0. The summed E-state index contributed by atoms with van der Waals surface area (Å²) in [5.41, 5.74) is 0. The fourth-order valence-electron chi connectivity index (χ4n) is 6.71. The molecule has 0 heterocycles. The summed E-state index contributed by atoms with van der Waals surface area (Å²) in [5.74, 6) is 10.0. The third-order valence-corrected chi connectivity index (χ3v) is 19.8. The molecule has 0 aliphatic carbocycles. The van der Waals surface area contributed by atoms with Gasteiger partial charge in [-0.1, -0.05) is 146 Å². The van der Waals surface area contributed by atoms with Crippen LogP contribution in [0.15, 0.2) is 266 Å². The van der Waals surface area contributed by atoms with E-state index in [2.05, 4.69) is 266 Å². The van der Waals surface area contributed by atoms with Gasteiger partial charge in [0.15, 0.2) is 0 Å². The molecular formula is C52H48AuIP4+4. The molecule has 0 atom stereocenters. The molecule has 0 amide bonds. The van der Waals surface area contributed by atoms with Crippen LogP contribution in [0.2, 0.25) is 0 Å². The van der Waals surface area contributed by atoms with Gasteiger partial charge in [0.2, 0.25) is 0 Å². The molecule has 8 aromatic carbocycles. The number of halogens is 1. The van der Waals surface area contributed by atoms with Gasteiger partial charge in [0, 0.05) is 0 Å². The maximum Gasteiger partial charge on any atom is 1.00 e. The second-order valence-corrected chi connectivity index (χ2v) is 22.5. The van der Waals surface area contributed by atoms with Crippen molar-refractivity contribution in [2.24, 2.45) is 0 Å². The van der Waals surface area contributed by atoms with Gasteiger partial charge in [0.25, 0.3) is 0 Å². The van der Waals surface area contributed by atoms with Crippen LogP contribution in [-0.2, 0) is 22.4 Å². The summed E-state index contributed by atoms with van der Waals surface area (Å²) >= 11 is 0. The molecule has 0 fully saturated rings. The van der Waals surface area contributed by atoms with E-state index in [4.69, 9.17) is 0 Å². The number of hydrogen-bond donors (Lipinski definition) is 0. The molecule has 8 aromatic rings. The van der Waals surface area contributed by atoms with Gasteiger partial charge in [-0.15, -0.1) is 0 Å². The van der Waals surface area contributed by atoms with E-state index in [1.165, 1.54) is 42.4 Å². The van der Waals surface area contributed by atoms with Crippen molar-refractivity contribution >= 4 is 74.1 Å². The Morgan fingerprint density at radius 3 is 0.397 bits per heavy atom. The van der Waals surface area contributed by atoms with Crippen LogP contribution in [0.1, 0.15) is 0 Å². The van der Waals surface area contributed by atoms with Crippen LogP contribution in [0.4, 0.5) is 0 Å². The minimum absolute atomic E-state index is 0. The second kappa shape index (κ2) is 25.1. The fourth-order valence-corrected chi connectivity index (χ4v) is 16.7. The van der Waals surface area contributed by atoms with Gasteiger partial charge in [0.05, 0.1) is 31.7 Å². The topological polar surface area (TPSA) is 0 Å². The van der Waals surface area contributed by atoms with E-state index < -0.39 is 31.7 Å². The molecule has 0 saturated heterocycles. The zero-order valence-electron chi connectivity index (χ0n) is 32.1. The van der Waals surface area contributed by atoms with Gasteiger partial charge in [0.1, 0.15) is 65.7 Å². The van der Waals surface area contributed by atoms with E-state index in [1.54, 1.807) is 0 Å². The summed E-state index contributed by atoms with van der Waals surface area (Å²) in [7, 11) is -3.86. The first kappa shape index (κ1) is 45.5. The number of hydrogen-bond acceptors (Lipinski definition) is 0. The van der Waals surface area contributed by atoms with Crippen LogP contribution >= 0.6 is 31.7 Å². The first-order chi connectivity index (χ1) is 27.8. The van der Waals surface area contributed by atoms with Gasteiger partial charge in [-0.05, 0) is 97.1 Å². The maximum absolute atomic E-state index is 2.50. The molecule has 0 spiro atoms. The molecule has 0 nitrogen and oxygen atoms in total. The predicted octanol–water partition coefficient (Wildman–Crippen LogP) is 7.38. The molecule has 0 aromatic heterocycles. The monoisotopic (exact) mass is 1120 g/mol. The van der Waals surface area contributed by atoms with Crippen molar-refractivity contribution in [3.05, 3.63) is 266 Å². The van der Waals surface area contributed by atoms with E-state index in [0.29, 0.717) is 0 Å². The Morgan fingerprint density at radius 1 is 0.190 bits per heavy atom. The Labute approximate surface area is 383 Å². The minimum atomic E-state index is -0.964. The molecule has 0 aliphatic heterocycles. The SMILES string of the molecule is C(=C/[PH+](c1ccccc1)c1ccccc1)/[PH+](c1ccccc1)c1ccccc1.C(=C/[PH+](c1ccccc1)c1ccccc1)/[PH+](c1ccccc1)c1ccccc1.[Au+].[I-]. The van der Waals surface area contributed by atoms with E-state index in [0.717, 1.165) is 0 Å². The molecule has 0 bridgehead atoms. The largest absolute Gasteiger partial charge is 1.00 e. The van der Waals surface area contributed by atoms with Crippen molar-refractivity contribution < 1.29 is 46.4 Å². The smallest absolute Gasteiger partial charge is 1.00 e. The van der Waals surface area contributed by atoms with E-state index in [9.17, 15) is 0 Å². The van der Waals surface area contributed by atoms with Gasteiger partial charge in [-0.2, -0.15) is 0 Å². The zero-order chi connectivity index (χ0) is 38.0. The first-order valence-corrected chi connectivity index (χ1v) is 25.4. The minimum Gasteiger partial charge on any atom is -1.00 e. The molecule has 0 unspecified atom stereocenters. The quantitative estimate of drug-likeness (QED) is 0.0682. The molecule has 6 heteroatoms. The zero-order valence-corrected chi connectivity index (χ0v) is 40.4. The standard InChI is InChI=1S/2C26H22P2.Au.HI/c2*1-5-13-23(14-6-1)27(24-15-7-2-8-16-24)21-22-28(25-17-9-3-10-18-25)26-19-11-4-12-20-26;;/h2*1-22H;;1H/q;;+1;/p+3/b2*22-21-;;. The summed E-state index contributed by atoms with van der Waals surface area (Å²) < 4.78 is 0. The summed E-state index contributed by atoms with van der Waals surface area (Å²) in [5, 5.41) is 11.4. The summed E-state index contributed by atoms with van der Waals surface area (Å²) in [6, 6.07) is 87.5. The molecule has 0 N–H and O–H groups in total. The molecular weight excluding hydrogens is 1070 g/mol. The molecule has 290 valence electrons. The van der Waals surface area contributed by atoms with Crippen LogP contribution in [0.25, 0.3) is 0 Å². The fraction of sp³-hybridized carbons (Fsp3) is 0. The van der Waals surface area contributed by atoms with Crippen LogP contribution < -0.4 is 66.4 Å². The van der Waals surface area contributed by atoms with Gasteiger partial charge < -0.3 is 24.0 Å². The van der Waals surface area contributed by atoms with Crippen molar-refractivity contribution in [1.82, 2.24) is 0 Å². The first-order valence-electron chi connectivity index (χ1n) is 19.1. The third-order valence-electron chi connectivity index (χ3n) is 9.51. The van der Waals surface area contributed by atoms with E-state index >= 15 is 0 Å². The Balaban J connectivity index is 0.000000214. The Hall–Kier alpha value is -3.57. The van der Waals surface area contributed by atoms with Crippen LogP contribution in [0.5, 0.6) is 0 Å². The normalized spacial score (nSPS) is 11.0. The summed E-state index contributed by atoms with van der Waals surface area (Å²) in [6.07, 6.45) is 0. The second-order valence-electron chi connectivity index (χ2n) is 13.2. The summed E-state index contributed by atoms with van der Waals surface area (Å²) in [6.45, 7) is 0. The van der Waals surface area contributed by atoms with Crippen molar-refractivity contribution in [3.63, 3.8) is 0 Å². The van der Waals surface area contributed by atoms with Crippen LogP contribution in [-0.4, -0.2) is 0 Å². The Kier molecular flexibility index (Phi) is 19.7. The molecule has 58 heavy (non-hydrogen) atoms. The van der Waals surface area contributed by atoms with Crippen LogP contribution in [0.3, 0.4) is 0 Å². The molecule has 0 aliphatic rings. The van der Waals surface area contributed by atoms with Crippen molar-refractivity contribution in [1.29, 1.82) is 0 Å². The average Bonchev–Trinajstić information content (AvgIpc) is 3.29. The third kappa shape index (κ3) is 13.2. The molecule has 0 saturated carbocycles. The number of rotatable bonds is 12. The maximum atomic E-state index is 2.50. The van der Waals surface area contributed by atoms with E-state index in [1.807, 2.05) is 0 Å².